The summed E-state index contributed by atoms with van der Waals surface area (Å²) in [6, 6.07) is 14.0. The van der Waals surface area contributed by atoms with Gasteiger partial charge in [-0.2, -0.15) is 0 Å². The lowest BCUT2D eigenvalue weighted by atomic mass is 9.76. The monoisotopic (exact) mass is 408 g/mol. The fourth-order valence-electron chi connectivity index (χ4n) is 4.64. The molecule has 0 aliphatic carbocycles. The number of ether oxygens (including phenoxy) is 1. The zero-order valence-corrected chi connectivity index (χ0v) is 17.5. The van der Waals surface area contributed by atoms with Crippen molar-refractivity contribution in [3.8, 4) is 0 Å². The van der Waals surface area contributed by atoms with Crippen LogP contribution in [0.2, 0.25) is 0 Å². The molecule has 1 aromatic carbocycles. The molecule has 2 aromatic rings. The maximum Gasteiger partial charge on any atom is 0.249 e. The van der Waals surface area contributed by atoms with Gasteiger partial charge in [0.25, 0.3) is 0 Å². The Kier molecular flexibility index (Phi) is 5.83. The van der Waals surface area contributed by atoms with Crippen molar-refractivity contribution in [2.24, 2.45) is 0 Å². The van der Waals surface area contributed by atoms with Crippen LogP contribution in [0.1, 0.15) is 17.5 Å². The number of fused-ring (bicyclic) bond motifs is 1. The standard InChI is InChI=1S/C23H28N4O3/c1-25(14-18-8-11-24-12-9-18)16-21(28)27-13-10-23(19-6-4-3-5-7-19)20(15-27)30-17-22(29)26(23)2/h3-9,11-12,20H,10,13-17H2,1-2H3/t20-,23+/m1/s1. The van der Waals surface area contributed by atoms with E-state index in [1.54, 1.807) is 12.4 Å². The summed E-state index contributed by atoms with van der Waals surface area (Å²) in [4.78, 5) is 35.2. The number of pyridine rings is 1. The molecule has 7 nitrogen and oxygen atoms in total. The van der Waals surface area contributed by atoms with E-state index in [0.29, 0.717) is 32.6 Å². The van der Waals surface area contributed by atoms with Gasteiger partial charge in [-0.05, 0) is 36.7 Å². The molecule has 3 heterocycles. The largest absolute Gasteiger partial charge is 0.364 e. The predicted octanol–water partition coefficient (Wildman–Crippen LogP) is 1.50. The highest BCUT2D eigenvalue weighted by Crippen LogP contribution is 2.42. The van der Waals surface area contributed by atoms with Crippen molar-refractivity contribution >= 4 is 11.8 Å². The first-order valence-corrected chi connectivity index (χ1v) is 10.3. The average Bonchev–Trinajstić information content (AvgIpc) is 2.77. The lowest BCUT2D eigenvalue weighted by Gasteiger charge is -2.54. The van der Waals surface area contributed by atoms with E-state index in [9.17, 15) is 9.59 Å². The number of likely N-dealkylation sites (tertiary alicyclic amines) is 1. The first-order chi connectivity index (χ1) is 14.5. The van der Waals surface area contributed by atoms with Crippen LogP contribution in [-0.2, 0) is 26.4 Å². The Morgan fingerprint density at radius 3 is 2.70 bits per heavy atom. The van der Waals surface area contributed by atoms with Gasteiger partial charge in [-0.25, -0.2) is 0 Å². The van der Waals surface area contributed by atoms with Crippen molar-refractivity contribution in [3.63, 3.8) is 0 Å². The van der Waals surface area contributed by atoms with Crippen LogP contribution >= 0.6 is 0 Å². The Bertz CT molecular complexity index is 892. The highest BCUT2D eigenvalue weighted by Gasteiger charge is 2.53. The summed E-state index contributed by atoms with van der Waals surface area (Å²) >= 11 is 0. The molecule has 2 saturated heterocycles. The minimum Gasteiger partial charge on any atom is -0.364 e. The van der Waals surface area contributed by atoms with Gasteiger partial charge in [0.2, 0.25) is 11.8 Å². The molecule has 4 rings (SSSR count). The Morgan fingerprint density at radius 2 is 1.97 bits per heavy atom. The van der Waals surface area contributed by atoms with Crippen molar-refractivity contribution < 1.29 is 14.3 Å². The zero-order chi connectivity index (χ0) is 21.1. The molecule has 2 aliphatic rings. The van der Waals surface area contributed by atoms with Crippen LogP contribution in [0.4, 0.5) is 0 Å². The molecule has 1 aromatic heterocycles. The number of amides is 2. The Balaban J connectivity index is 1.47. The van der Waals surface area contributed by atoms with Crippen LogP contribution in [0.25, 0.3) is 0 Å². The minimum absolute atomic E-state index is 0.0213. The maximum atomic E-state index is 13.0. The molecule has 0 saturated carbocycles. The van der Waals surface area contributed by atoms with E-state index in [1.807, 2.05) is 71.3 Å². The zero-order valence-electron chi connectivity index (χ0n) is 17.5. The summed E-state index contributed by atoms with van der Waals surface area (Å²) in [6.07, 6.45) is 3.93. The maximum absolute atomic E-state index is 13.0. The number of piperidine rings is 1. The van der Waals surface area contributed by atoms with Gasteiger partial charge in [-0.15, -0.1) is 0 Å². The smallest absolute Gasteiger partial charge is 0.249 e. The van der Waals surface area contributed by atoms with Gasteiger partial charge in [0.05, 0.1) is 12.1 Å². The quantitative estimate of drug-likeness (QED) is 0.750. The minimum atomic E-state index is -0.531. The highest BCUT2D eigenvalue weighted by molar-refractivity contribution is 5.80. The third-order valence-electron chi connectivity index (χ3n) is 6.30. The number of aromatic nitrogens is 1. The van der Waals surface area contributed by atoms with Crippen molar-refractivity contribution in [2.75, 3.05) is 40.3 Å². The Labute approximate surface area is 177 Å². The molecule has 2 atom stereocenters. The van der Waals surface area contributed by atoms with Crippen LogP contribution in [0.15, 0.2) is 54.9 Å². The molecule has 2 aliphatic heterocycles. The van der Waals surface area contributed by atoms with Crippen LogP contribution < -0.4 is 0 Å². The fraction of sp³-hybridized carbons (Fsp3) is 0.435. The summed E-state index contributed by atoms with van der Waals surface area (Å²) < 4.78 is 6.00. The van der Waals surface area contributed by atoms with E-state index in [1.165, 1.54) is 0 Å². The summed E-state index contributed by atoms with van der Waals surface area (Å²) in [5, 5.41) is 0. The van der Waals surface area contributed by atoms with Crippen LogP contribution in [0, 0.1) is 0 Å². The molecular formula is C23H28N4O3. The predicted molar refractivity (Wildman–Crippen MR) is 112 cm³/mol. The number of carbonyl (C=O) groups excluding carboxylic acids is 2. The van der Waals surface area contributed by atoms with Crippen LogP contribution in [0.5, 0.6) is 0 Å². The number of carbonyl (C=O) groups is 2. The van der Waals surface area contributed by atoms with Crippen molar-refractivity contribution in [2.45, 2.75) is 24.6 Å². The van der Waals surface area contributed by atoms with Gasteiger partial charge in [-0.3, -0.25) is 19.5 Å². The second-order valence-corrected chi connectivity index (χ2v) is 8.16. The lowest BCUT2D eigenvalue weighted by molar-refractivity contribution is -0.184. The van der Waals surface area contributed by atoms with Gasteiger partial charge in [-0.1, -0.05) is 30.3 Å². The van der Waals surface area contributed by atoms with E-state index in [-0.39, 0.29) is 24.5 Å². The first-order valence-electron chi connectivity index (χ1n) is 10.3. The van der Waals surface area contributed by atoms with Gasteiger partial charge < -0.3 is 14.5 Å². The third kappa shape index (κ3) is 3.82. The average molecular weight is 409 g/mol. The second kappa shape index (κ2) is 8.53. The van der Waals surface area contributed by atoms with Crippen molar-refractivity contribution in [3.05, 3.63) is 66.0 Å². The number of hydrogen-bond donors (Lipinski definition) is 0. The van der Waals surface area contributed by atoms with Crippen LogP contribution in [-0.4, -0.2) is 77.9 Å². The van der Waals surface area contributed by atoms with Gasteiger partial charge in [0, 0.05) is 39.1 Å². The molecule has 0 unspecified atom stereocenters. The molecule has 0 radical (unpaired) electrons. The molecule has 30 heavy (non-hydrogen) atoms. The van der Waals surface area contributed by atoms with E-state index in [2.05, 4.69) is 4.98 Å². The molecule has 2 fully saturated rings. The summed E-state index contributed by atoms with van der Waals surface area (Å²) in [6.45, 7) is 2.15. The Hall–Kier alpha value is -2.77. The number of rotatable bonds is 5. The summed E-state index contributed by atoms with van der Waals surface area (Å²) in [7, 11) is 3.80. The summed E-state index contributed by atoms with van der Waals surface area (Å²) in [5.74, 6) is 0.0586. The topological polar surface area (TPSA) is 66.0 Å². The van der Waals surface area contributed by atoms with Crippen molar-refractivity contribution in [1.29, 1.82) is 0 Å². The normalized spacial score (nSPS) is 24.1. The van der Waals surface area contributed by atoms with E-state index < -0.39 is 5.54 Å². The molecule has 0 spiro atoms. The second-order valence-electron chi connectivity index (χ2n) is 8.16. The molecule has 0 N–H and O–H groups in total. The number of nitrogens with zero attached hydrogens (tertiary/aromatic N) is 4. The van der Waals surface area contributed by atoms with Gasteiger partial charge in [0.1, 0.15) is 12.7 Å². The lowest BCUT2D eigenvalue weighted by Crippen LogP contribution is -2.67. The molecular weight excluding hydrogens is 380 g/mol. The molecule has 2 amide bonds. The number of benzene rings is 1. The Morgan fingerprint density at radius 1 is 1.23 bits per heavy atom. The molecule has 7 heteroatoms. The van der Waals surface area contributed by atoms with Crippen molar-refractivity contribution in [1.82, 2.24) is 19.7 Å². The number of hydrogen-bond acceptors (Lipinski definition) is 5. The molecule has 0 bridgehead atoms. The van der Waals surface area contributed by atoms with E-state index >= 15 is 0 Å². The van der Waals surface area contributed by atoms with Gasteiger partial charge >= 0.3 is 0 Å². The SMILES string of the molecule is CN(CC(=O)N1CC[C@]2(c3ccccc3)[C@@H](C1)OCC(=O)N2C)Cc1ccncc1. The molecule has 158 valence electrons. The van der Waals surface area contributed by atoms with E-state index in [4.69, 9.17) is 4.74 Å². The number of likely N-dealkylation sites (N-methyl/N-ethyl adjacent to an activating group) is 2. The van der Waals surface area contributed by atoms with Gasteiger partial charge in [0.15, 0.2) is 0 Å². The third-order valence-corrected chi connectivity index (χ3v) is 6.30. The fourth-order valence-corrected chi connectivity index (χ4v) is 4.64. The highest BCUT2D eigenvalue weighted by atomic mass is 16.5. The van der Waals surface area contributed by atoms with Crippen LogP contribution in [0.3, 0.4) is 0 Å². The van der Waals surface area contributed by atoms with E-state index in [0.717, 1.165) is 11.1 Å². The summed E-state index contributed by atoms with van der Waals surface area (Å²) in [5.41, 5.74) is 1.65. The number of morpholine rings is 1. The first kappa shape index (κ1) is 20.5.